The van der Waals surface area contributed by atoms with E-state index in [2.05, 4.69) is 15.0 Å². The molecule has 0 aromatic heterocycles. The van der Waals surface area contributed by atoms with Crippen molar-refractivity contribution >= 4 is 27.7 Å². The predicted molar refractivity (Wildman–Crippen MR) is 116 cm³/mol. The SMILES string of the molecule is CC(=O)Oc1ccccc1C(=O)OCOC(=O)c1ccc(S(=O)(=O)CC(CO[N+](=O)[O-])ON=O)cc1. The molecule has 0 heterocycles. The number of carbonyl (C=O) groups excluding carboxylic acids is 3. The fourth-order valence-electron chi connectivity index (χ4n) is 2.63. The standard InChI is InChI=1S/C20H18N2O13S/c1-13(23)34-18-5-3-2-4-17(18)20(25)32-12-31-19(24)14-6-8-16(9-7-14)36(29,30)11-15(35-21-26)10-33-22(27)28/h2-9,15H,10-12H2,1H3. The lowest BCUT2D eigenvalue weighted by Gasteiger charge is -2.13. The third kappa shape index (κ3) is 8.32. The minimum atomic E-state index is -4.13. The van der Waals surface area contributed by atoms with Crippen molar-refractivity contribution in [3.8, 4) is 5.75 Å². The van der Waals surface area contributed by atoms with E-state index < -0.39 is 58.1 Å². The predicted octanol–water partition coefficient (Wildman–Crippen LogP) is 1.63. The van der Waals surface area contributed by atoms with Gasteiger partial charge in [-0.3, -0.25) is 4.79 Å². The zero-order valence-electron chi connectivity index (χ0n) is 18.4. The van der Waals surface area contributed by atoms with Gasteiger partial charge in [0.15, 0.2) is 21.3 Å². The second kappa shape index (κ2) is 12.7. The Kier molecular flexibility index (Phi) is 9.79. The van der Waals surface area contributed by atoms with Crippen LogP contribution in [-0.2, 0) is 33.8 Å². The smallest absolute Gasteiger partial charge is 0.344 e. The molecule has 0 aliphatic heterocycles. The van der Waals surface area contributed by atoms with Gasteiger partial charge in [0.2, 0.25) is 6.79 Å². The van der Waals surface area contributed by atoms with E-state index in [0.29, 0.717) is 0 Å². The Bertz CT molecular complexity index is 1230. The number of ether oxygens (including phenoxy) is 3. The topological polar surface area (TPSA) is 204 Å². The first-order valence-electron chi connectivity index (χ1n) is 9.73. The number of sulfone groups is 1. The van der Waals surface area contributed by atoms with Crippen molar-refractivity contribution in [1.29, 1.82) is 0 Å². The molecule has 1 unspecified atom stereocenters. The summed E-state index contributed by atoms with van der Waals surface area (Å²) >= 11 is 0. The molecular weight excluding hydrogens is 508 g/mol. The zero-order chi connectivity index (χ0) is 26.7. The van der Waals surface area contributed by atoms with Crippen molar-refractivity contribution in [1.82, 2.24) is 0 Å². The highest BCUT2D eigenvalue weighted by Crippen LogP contribution is 2.19. The first-order valence-corrected chi connectivity index (χ1v) is 11.4. The van der Waals surface area contributed by atoms with Crippen LogP contribution in [0.25, 0.3) is 0 Å². The van der Waals surface area contributed by atoms with E-state index in [1.807, 2.05) is 0 Å². The van der Waals surface area contributed by atoms with Crippen LogP contribution in [0.4, 0.5) is 0 Å². The van der Waals surface area contributed by atoms with Crippen molar-refractivity contribution in [2.75, 3.05) is 19.2 Å². The van der Waals surface area contributed by atoms with Gasteiger partial charge in [0, 0.05) is 6.92 Å². The van der Waals surface area contributed by atoms with Gasteiger partial charge in [0.25, 0.3) is 5.09 Å². The Morgan fingerprint density at radius 1 is 1.03 bits per heavy atom. The molecule has 16 heteroatoms. The van der Waals surface area contributed by atoms with Crippen molar-refractivity contribution in [2.24, 2.45) is 5.34 Å². The molecule has 0 saturated carbocycles. The Hall–Kier alpha value is -4.60. The zero-order valence-corrected chi connectivity index (χ0v) is 19.2. The van der Waals surface area contributed by atoms with Gasteiger partial charge >= 0.3 is 17.9 Å². The summed E-state index contributed by atoms with van der Waals surface area (Å²) in [6.07, 6.45) is -1.55. The first-order chi connectivity index (χ1) is 17.0. The summed E-state index contributed by atoms with van der Waals surface area (Å²) < 4.78 is 39.5. The van der Waals surface area contributed by atoms with Crippen LogP contribution < -0.4 is 4.74 Å². The molecule has 0 amide bonds. The second-order valence-corrected chi connectivity index (χ2v) is 8.73. The van der Waals surface area contributed by atoms with Gasteiger partial charge in [-0.1, -0.05) is 12.1 Å². The highest BCUT2D eigenvalue weighted by molar-refractivity contribution is 7.91. The van der Waals surface area contributed by atoms with Gasteiger partial charge < -0.3 is 23.9 Å². The molecule has 192 valence electrons. The maximum atomic E-state index is 12.5. The van der Waals surface area contributed by atoms with E-state index in [4.69, 9.17) is 14.2 Å². The molecular formula is C20H18N2O13S. The Balaban J connectivity index is 1.96. The van der Waals surface area contributed by atoms with Gasteiger partial charge in [0.1, 0.15) is 17.9 Å². The van der Waals surface area contributed by atoms with Crippen molar-refractivity contribution < 1.29 is 51.8 Å². The molecule has 0 spiro atoms. The van der Waals surface area contributed by atoms with E-state index in [1.165, 1.54) is 24.3 Å². The molecule has 15 nitrogen and oxygen atoms in total. The van der Waals surface area contributed by atoms with Gasteiger partial charge in [0.05, 0.1) is 16.2 Å². The normalized spacial score (nSPS) is 11.5. The van der Waals surface area contributed by atoms with E-state index >= 15 is 0 Å². The fourth-order valence-corrected chi connectivity index (χ4v) is 4.02. The van der Waals surface area contributed by atoms with Crippen LogP contribution in [0, 0.1) is 15.0 Å². The number of rotatable bonds is 13. The molecule has 2 aromatic carbocycles. The maximum Gasteiger partial charge on any atom is 0.344 e. The Labute approximate surface area is 202 Å². The lowest BCUT2D eigenvalue weighted by Crippen LogP contribution is -2.28. The third-order valence-electron chi connectivity index (χ3n) is 4.15. The van der Waals surface area contributed by atoms with Crippen LogP contribution >= 0.6 is 0 Å². The molecule has 36 heavy (non-hydrogen) atoms. The number of benzene rings is 2. The van der Waals surface area contributed by atoms with Crippen molar-refractivity contribution in [2.45, 2.75) is 17.9 Å². The first kappa shape index (κ1) is 27.6. The molecule has 0 saturated heterocycles. The highest BCUT2D eigenvalue weighted by Gasteiger charge is 2.25. The van der Waals surface area contributed by atoms with Crippen LogP contribution in [0.2, 0.25) is 0 Å². The summed E-state index contributed by atoms with van der Waals surface area (Å²) in [6, 6.07) is 10.1. The number of hydrogen-bond acceptors (Lipinski definition) is 14. The summed E-state index contributed by atoms with van der Waals surface area (Å²) in [5.41, 5.74) is -0.168. The number of nitrogens with zero attached hydrogens (tertiary/aromatic N) is 2. The summed E-state index contributed by atoms with van der Waals surface area (Å²) in [5, 5.41) is 11.1. The molecule has 0 radical (unpaired) electrons. The number of carbonyl (C=O) groups is 3. The highest BCUT2D eigenvalue weighted by atomic mass is 32.2. The largest absolute Gasteiger partial charge is 0.426 e. The average molecular weight is 526 g/mol. The van der Waals surface area contributed by atoms with Gasteiger partial charge in [-0.05, 0) is 36.4 Å². The second-order valence-electron chi connectivity index (χ2n) is 6.70. The molecule has 0 N–H and O–H groups in total. The molecule has 0 aliphatic carbocycles. The molecule has 0 fully saturated rings. The van der Waals surface area contributed by atoms with Crippen LogP contribution in [0.5, 0.6) is 5.75 Å². The number of hydrogen-bond donors (Lipinski definition) is 0. The molecule has 2 rings (SSSR count). The van der Waals surface area contributed by atoms with E-state index in [0.717, 1.165) is 31.2 Å². The molecule has 1 atom stereocenters. The fraction of sp³-hybridized carbons (Fsp3) is 0.250. The number of esters is 3. The molecule has 0 bridgehead atoms. The van der Waals surface area contributed by atoms with Gasteiger partial charge in [-0.25, -0.2) is 18.0 Å². The summed E-state index contributed by atoms with van der Waals surface area (Å²) in [4.78, 5) is 64.0. The summed E-state index contributed by atoms with van der Waals surface area (Å²) in [7, 11) is -4.13. The van der Waals surface area contributed by atoms with Crippen LogP contribution in [-0.4, -0.2) is 56.7 Å². The van der Waals surface area contributed by atoms with Crippen LogP contribution in [0.15, 0.2) is 58.8 Å². The lowest BCUT2D eigenvalue weighted by molar-refractivity contribution is -0.759. The van der Waals surface area contributed by atoms with Gasteiger partial charge in [-0.15, -0.1) is 15.0 Å². The van der Waals surface area contributed by atoms with Gasteiger partial charge in [-0.2, -0.15) is 0 Å². The molecule has 0 aliphatic rings. The van der Waals surface area contributed by atoms with E-state index in [9.17, 15) is 37.8 Å². The third-order valence-corrected chi connectivity index (χ3v) is 5.95. The monoisotopic (exact) mass is 526 g/mol. The Morgan fingerprint density at radius 3 is 2.28 bits per heavy atom. The summed E-state index contributed by atoms with van der Waals surface area (Å²) in [6.45, 7) is -0.494. The van der Waals surface area contributed by atoms with Crippen molar-refractivity contribution in [3.05, 3.63) is 74.7 Å². The lowest BCUT2D eigenvalue weighted by atomic mass is 10.2. The quantitative estimate of drug-likeness (QED) is 0.0910. The summed E-state index contributed by atoms with van der Waals surface area (Å²) in [5.74, 6) is -3.45. The Morgan fingerprint density at radius 2 is 1.67 bits per heavy atom. The van der Waals surface area contributed by atoms with Crippen LogP contribution in [0.1, 0.15) is 27.6 Å². The maximum absolute atomic E-state index is 12.5. The van der Waals surface area contributed by atoms with Crippen LogP contribution in [0.3, 0.4) is 0 Å². The minimum absolute atomic E-state index is 0.0420. The number of para-hydroxylation sites is 1. The van der Waals surface area contributed by atoms with E-state index in [-0.39, 0.29) is 21.8 Å². The van der Waals surface area contributed by atoms with Crippen molar-refractivity contribution in [3.63, 3.8) is 0 Å². The minimum Gasteiger partial charge on any atom is -0.426 e. The average Bonchev–Trinajstić information content (AvgIpc) is 2.82. The molecule has 2 aromatic rings. The van der Waals surface area contributed by atoms with E-state index in [1.54, 1.807) is 0 Å².